The van der Waals surface area contributed by atoms with Crippen molar-refractivity contribution in [3.05, 3.63) is 57.7 Å². The molecule has 0 atom stereocenters. The highest BCUT2D eigenvalue weighted by Gasteiger charge is 2.09. The normalized spacial score (nSPS) is 10.1. The van der Waals surface area contributed by atoms with Crippen LogP contribution in [0, 0.1) is 3.57 Å². The van der Waals surface area contributed by atoms with Gasteiger partial charge in [0, 0.05) is 9.13 Å². The smallest absolute Gasteiger partial charge is 0.160 e. The second kappa shape index (κ2) is 4.78. The lowest BCUT2D eigenvalue weighted by Crippen LogP contribution is -1.97. The number of ketones is 1. The van der Waals surface area contributed by atoms with Crippen molar-refractivity contribution in [1.82, 2.24) is 0 Å². The van der Waals surface area contributed by atoms with E-state index < -0.39 is 0 Å². The molecule has 2 heteroatoms. The Labute approximate surface area is 109 Å². The summed E-state index contributed by atoms with van der Waals surface area (Å²) >= 11 is 2.24. The quantitative estimate of drug-likeness (QED) is 0.599. The Morgan fingerprint density at radius 2 is 1.69 bits per heavy atom. The predicted molar refractivity (Wildman–Crippen MR) is 74.6 cm³/mol. The first-order valence-corrected chi connectivity index (χ1v) is 6.13. The van der Waals surface area contributed by atoms with Gasteiger partial charge in [0.2, 0.25) is 0 Å². The first kappa shape index (κ1) is 11.3. The van der Waals surface area contributed by atoms with Gasteiger partial charge in [-0.3, -0.25) is 4.79 Å². The van der Waals surface area contributed by atoms with Crippen LogP contribution in [0.3, 0.4) is 0 Å². The lowest BCUT2D eigenvalue weighted by molar-refractivity contribution is 0.101. The van der Waals surface area contributed by atoms with Gasteiger partial charge in [0.25, 0.3) is 0 Å². The maximum absolute atomic E-state index is 11.4. The van der Waals surface area contributed by atoms with Gasteiger partial charge in [0.05, 0.1) is 0 Å². The van der Waals surface area contributed by atoms with Gasteiger partial charge in [-0.05, 0) is 40.6 Å². The summed E-state index contributed by atoms with van der Waals surface area (Å²) in [5, 5.41) is 0. The molecule has 80 valence electrons. The van der Waals surface area contributed by atoms with Crippen LogP contribution in [0.25, 0.3) is 11.1 Å². The van der Waals surface area contributed by atoms with Gasteiger partial charge in [0.1, 0.15) is 0 Å². The van der Waals surface area contributed by atoms with Crippen molar-refractivity contribution < 1.29 is 4.79 Å². The van der Waals surface area contributed by atoms with Crippen LogP contribution < -0.4 is 0 Å². The molecule has 0 amide bonds. The second-order valence-electron chi connectivity index (χ2n) is 3.59. The molecule has 2 aromatic rings. The van der Waals surface area contributed by atoms with Gasteiger partial charge in [0.15, 0.2) is 5.78 Å². The minimum absolute atomic E-state index is 0.113. The maximum Gasteiger partial charge on any atom is 0.160 e. The van der Waals surface area contributed by atoms with Gasteiger partial charge in [-0.2, -0.15) is 0 Å². The Bertz CT molecular complexity index is 518. The number of carbonyl (C=O) groups excluding carboxylic acids is 1. The van der Waals surface area contributed by atoms with E-state index in [0.717, 1.165) is 20.3 Å². The summed E-state index contributed by atoms with van der Waals surface area (Å²) in [5.41, 5.74) is 3.06. The molecule has 0 bridgehead atoms. The molecule has 0 unspecified atom stereocenters. The van der Waals surface area contributed by atoms with Gasteiger partial charge in [-0.1, -0.05) is 48.5 Å². The van der Waals surface area contributed by atoms with Crippen molar-refractivity contribution in [1.29, 1.82) is 0 Å². The lowest BCUT2D eigenvalue weighted by atomic mass is 10.0. The van der Waals surface area contributed by atoms with E-state index in [4.69, 9.17) is 0 Å². The Morgan fingerprint density at radius 1 is 1.00 bits per heavy atom. The van der Waals surface area contributed by atoms with E-state index in [1.54, 1.807) is 6.92 Å². The molecular weight excluding hydrogens is 311 g/mol. The summed E-state index contributed by atoms with van der Waals surface area (Å²) in [4.78, 5) is 11.4. The molecule has 0 spiro atoms. The van der Waals surface area contributed by atoms with Crippen molar-refractivity contribution in [3.8, 4) is 11.1 Å². The molecule has 0 saturated heterocycles. The van der Waals surface area contributed by atoms with Crippen LogP contribution >= 0.6 is 22.6 Å². The van der Waals surface area contributed by atoms with E-state index in [2.05, 4.69) is 34.7 Å². The average Bonchev–Trinajstić information content (AvgIpc) is 2.30. The van der Waals surface area contributed by atoms with Crippen LogP contribution in [-0.4, -0.2) is 5.78 Å². The highest BCUT2D eigenvalue weighted by molar-refractivity contribution is 14.1. The molecule has 16 heavy (non-hydrogen) atoms. The van der Waals surface area contributed by atoms with Crippen molar-refractivity contribution in [2.75, 3.05) is 0 Å². The van der Waals surface area contributed by atoms with Crippen LogP contribution in [0.4, 0.5) is 0 Å². The summed E-state index contributed by atoms with van der Waals surface area (Å²) in [6.45, 7) is 1.60. The summed E-state index contributed by atoms with van der Waals surface area (Å²) in [7, 11) is 0. The maximum atomic E-state index is 11.4. The third-order valence-electron chi connectivity index (χ3n) is 2.46. The van der Waals surface area contributed by atoms with Crippen molar-refractivity contribution >= 4 is 28.4 Å². The van der Waals surface area contributed by atoms with Crippen LogP contribution in [-0.2, 0) is 0 Å². The standard InChI is InChI=1S/C14H11IO/c1-10(16)12-8-5-9-13(14(12)15)11-6-3-2-4-7-11/h2-9H,1H3. The summed E-state index contributed by atoms with van der Waals surface area (Å²) < 4.78 is 1.03. The number of Topliss-reactive ketones (excluding diaryl/α,β-unsaturated/α-hetero) is 1. The fourth-order valence-electron chi connectivity index (χ4n) is 1.64. The van der Waals surface area contributed by atoms with E-state index in [1.165, 1.54) is 0 Å². The number of halogens is 1. The van der Waals surface area contributed by atoms with E-state index in [-0.39, 0.29) is 5.78 Å². The lowest BCUT2D eigenvalue weighted by Gasteiger charge is -2.07. The second-order valence-corrected chi connectivity index (χ2v) is 4.67. The number of hydrogen-bond acceptors (Lipinski definition) is 1. The van der Waals surface area contributed by atoms with Crippen LogP contribution in [0.1, 0.15) is 17.3 Å². The zero-order valence-corrected chi connectivity index (χ0v) is 11.1. The third kappa shape index (κ3) is 2.16. The van der Waals surface area contributed by atoms with Crippen molar-refractivity contribution in [2.45, 2.75) is 6.92 Å². The van der Waals surface area contributed by atoms with Crippen molar-refractivity contribution in [2.24, 2.45) is 0 Å². The molecule has 0 heterocycles. The molecule has 0 N–H and O–H groups in total. The molecule has 0 aromatic heterocycles. The first-order valence-electron chi connectivity index (χ1n) is 5.05. The molecular formula is C14H11IO. The molecule has 2 aromatic carbocycles. The molecule has 1 nitrogen and oxygen atoms in total. The predicted octanol–water partition coefficient (Wildman–Crippen LogP) is 4.16. The zero-order valence-electron chi connectivity index (χ0n) is 8.91. The number of hydrogen-bond donors (Lipinski definition) is 0. The van der Waals surface area contributed by atoms with E-state index in [1.807, 2.05) is 36.4 Å². The van der Waals surface area contributed by atoms with Crippen LogP contribution in [0.5, 0.6) is 0 Å². The topological polar surface area (TPSA) is 17.1 Å². The van der Waals surface area contributed by atoms with Crippen molar-refractivity contribution in [3.63, 3.8) is 0 Å². The van der Waals surface area contributed by atoms with Gasteiger partial charge < -0.3 is 0 Å². The fourth-order valence-corrected chi connectivity index (χ4v) is 2.70. The Hall–Kier alpha value is -1.16. The molecule has 0 saturated carbocycles. The number of rotatable bonds is 2. The minimum atomic E-state index is 0.113. The van der Waals surface area contributed by atoms with Gasteiger partial charge in [-0.15, -0.1) is 0 Å². The largest absolute Gasteiger partial charge is 0.294 e. The zero-order chi connectivity index (χ0) is 11.5. The minimum Gasteiger partial charge on any atom is -0.294 e. The summed E-state index contributed by atoms with van der Waals surface area (Å²) in [6, 6.07) is 16.0. The molecule has 0 fully saturated rings. The molecule has 0 radical (unpaired) electrons. The Kier molecular flexibility index (Phi) is 3.39. The number of carbonyl (C=O) groups is 1. The number of benzene rings is 2. The Balaban J connectivity index is 2.59. The fraction of sp³-hybridized carbons (Fsp3) is 0.0714. The molecule has 2 rings (SSSR count). The highest BCUT2D eigenvalue weighted by Crippen LogP contribution is 2.27. The SMILES string of the molecule is CC(=O)c1cccc(-c2ccccc2)c1I. The van der Waals surface area contributed by atoms with Crippen LogP contribution in [0.15, 0.2) is 48.5 Å². The highest BCUT2D eigenvalue weighted by atomic mass is 127. The average molecular weight is 322 g/mol. The van der Waals surface area contributed by atoms with E-state index in [9.17, 15) is 4.79 Å². The molecule has 0 aliphatic carbocycles. The Morgan fingerprint density at radius 3 is 2.31 bits per heavy atom. The van der Waals surface area contributed by atoms with Gasteiger partial charge in [-0.25, -0.2) is 0 Å². The molecule has 0 aliphatic rings. The van der Waals surface area contributed by atoms with E-state index >= 15 is 0 Å². The van der Waals surface area contributed by atoms with E-state index in [0.29, 0.717) is 0 Å². The monoisotopic (exact) mass is 322 g/mol. The summed E-state index contributed by atoms with van der Waals surface area (Å²) in [5.74, 6) is 0.113. The first-order chi connectivity index (χ1) is 7.70. The summed E-state index contributed by atoms with van der Waals surface area (Å²) in [6.07, 6.45) is 0. The van der Waals surface area contributed by atoms with Crippen LogP contribution in [0.2, 0.25) is 0 Å². The third-order valence-corrected chi connectivity index (χ3v) is 3.62. The molecule has 0 aliphatic heterocycles. The van der Waals surface area contributed by atoms with Gasteiger partial charge >= 0.3 is 0 Å².